The molecule has 0 spiro atoms. The predicted molar refractivity (Wildman–Crippen MR) is 82.1 cm³/mol. The van der Waals surface area contributed by atoms with Gasteiger partial charge in [-0.3, -0.25) is 0 Å². The van der Waals surface area contributed by atoms with Crippen LogP contribution in [0, 0.1) is 5.41 Å². The van der Waals surface area contributed by atoms with Crippen molar-refractivity contribution in [1.82, 2.24) is 0 Å². The highest BCUT2D eigenvalue weighted by molar-refractivity contribution is 5.82. The van der Waals surface area contributed by atoms with E-state index < -0.39 is 0 Å². The Kier molecular flexibility index (Phi) is 8.46. The summed E-state index contributed by atoms with van der Waals surface area (Å²) in [5.41, 5.74) is 2.87. The fraction of sp³-hybridized carbons (Fsp3) is 0.706. The molecule has 0 saturated carbocycles. The zero-order valence-electron chi connectivity index (χ0n) is 13.5. The van der Waals surface area contributed by atoms with Crippen molar-refractivity contribution in [2.24, 2.45) is 5.41 Å². The van der Waals surface area contributed by atoms with Crippen LogP contribution in [-0.2, 0) is 9.53 Å². The van der Waals surface area contributed by atoms with Crippen LogP contribution in [0.2, 0.25) is 0 Å². The van der Waals surface area contributed by atoms with E-state index in [0.29, 0.717) is 12.0 Å². The highest BCUT2D eigenvalue weighted by Gasteiger charge is 2.08. The first kappa shape index (κ1) is 17.9. The highest BCUT2D eigenvalue weighted by Crippen LogP contribution is 2.23. The predicted octanol–water partition coefficient (Wildman–Crippen LogP) is 5.05. The van der Waals surface area contributed by atoms with Crippen LogP contribution in [-0.4, -0.2) is 12.6 Å². The third-order valence-electron chi connectivity index (χ3n) is 2.92. The molecule has 0 aliphatic carbocycles. The Morgan fingerprint density at radius 1 is 1.16 bits per heavy atom. The lowest BCUT2D eigenvalue weighted by Gasteiger charge is -2.17. The van der Waals surface area contributed by atoms with Gasteiger partial charge in [-0.1, -0.05) is 38.0 Å². The van der Waals surface area contributed by atoms with Crippen molar-refractivity contribution in [3.05, 3.63) is 23.3 Å². The number of carbonyl (C=O) groups excluding carboxylic acids is 1. The van der Waals surface area contributed by atoms with E-state index >= 15 is 0 Å². The number of hydrogen-bond acceptors (Lipinski definition) is 2. The summed E-state index contributed by atoms with van der Waals surface area (Å²) in [5, 5.41) is 0. The second-order valence-electron chi connectivity index (χ2n) is 6.41. The van der Waals surface area contributed by atoms with E-state index in [4.69, 9.17) is 4.74 Å². The largest absolute Gasteiger partial charge is 0.463 e. The fourth-order valence-electron chi connectivity index (χ4n) is 1.78. The number of allylic oxidation sites excluding steroid dienone is 3. The molecule has 2 nitrogen and oxygen atoms in total. The van der Waals surface area contributed by atoms with Gasteiger partial charge >= 0.3 is 5.97 Å². The Balaban J connectivity index is 4.07. The summed E-state index contributed by atoms with van der Waals surface area (Å²) < 4.78 is 4.89. The van der Waals surface area contributed by atoms with Gasteiger partial charge in [-0.25, -0.2) is 4.79 Å². The number of rotatable bonds is 7. The van der Waals surface area contributed by atoms with Gasteiger partial charge < -0.3 is 4.74 Å². The van der Waals surface area contributed by atoms with E-state index in [2.05, 4.69) is 33.8 Å². The van der Waals surface area contributed by atoms with Gasteiger partial charge in [0.15, 0.2) is 0 Å². The van der Waals surface area contributed by atoms with Crippen molar-refractivity contribution in [1.29, 1.82) is 0 Å². The molecular formula is C17H30O2. The van der Waals surface area contributed by atoms with Gasteiger partial charge in [-0.2, -0.15) is 0 Å². The van der Waals surface area contributed by atoms with Gasteiger partial charge in [0.25, 0.3) is 0 Å². The lowest BCUT2D eigenvalue weighted by Crippen LogP contribution is -2.04. The fourth-order valence-corrected chi connectivity index (χ4v) is 1.78. The third kappa shape index (κ3) is 11.8. The highest BCUT2D eigenvalue weighted by atomic mass is 16.5. The molecule has 0 heterocycles. The van der Waals surface area contributed by atoms with Crippen LogP contribution < -0.4 is 0 Å². The van der Waals surface area contributed by atoms with Crippen LogP contribution in [0.15, 0.2) is 23.3 Å². The summed E-state index contributed by atoms with van der Waals surface area (Å²) in [5.74, 6) is -0.237. The molecule has 2 heteroatoms. The van der Waals surface area contributed by atoms with Gasteiger partial charge in [0.2, 0.25) is 0 Å². The van der Waals surface area contributed by atoms with Crippen molar-refractivity contribution in [2.45, 2.75) is 67.2 Å². The van der Waals surface area contributed by atoms with E-state index in [0.717, 1.165) is 18.4 Å². The zero-order chi connectivity index (χ0) is 14.9. The average Bonchev–Trinajstić information content (AvgIpc) is 2.24. The van der Waals surface area contributed by atoms with Gasteiger partial charge in [-0.05, 0) is 51.9 Å². The second-order valence-corrected chi connectivity index (χ2v) is 6.41. The van der Waals surface area contributed by atoms with E-state index in [1.165, 1.54) is 18.4 Å². The molecule has 19 heavy (non-hydrogen) atoms. The third-order valence-corrected chi connectivity index (χ3v) is 2.92. The van der Waals surface area contributed by atoms with Crippen molar-refractivity contribution in [2.75, 3.05) is 6.61 Å². The Hall–Kier alpha value is -1.05. The first-order valence-corrected chi connectivity index (χ1v) is 7.24. The molecule has 0 N–H and O–H groups in total. The molecule has 0 aromatic heterocycles. The Labute approximate surface area is 118 Å². The minimum atomic E-state index is -0.237. The normalized spacial score (nSPS) is 13.6. The number of carbonyl (C=O) groups is 1. The molecule has 0 fully saturated rings. The van der Waals surface area contributed by atoms with Gasteiger partial charge in [-0.15, -0.1) is 0 Å². The minimum Gasteiger partial charge on any atom is -0.463 e. The van der Waals surface area contributed by atoms with Crippen molar-refractivity contribution < 1.29 is 9.53 Å². The van der Waals surface area contributed by atoms with Crippen LogP contribution in [0.4, 0.5) is 0 Å². The lowest BCUT2D eigenvalue weighted by molar-refractivity contribution is -0.137. The molecular weight excluding hydrogens is 236 g/mol. The average molecular weight is 266 g/mol. The molecule has 110 valence electrons. The van der Waals surface area contributed by atoms with Crippen molar-refractivity contribution in [3.8, 4) is 0 Å². The smallest absolute Gasteiger partial charge is 0.330 e. The summed E-state index contributed by atoms with van der Waals surface area (Å²) in [6.07, 6.45) is 8.25. The SMILES string of the molecule is CCOC(=O)C=C(C)CC=C(C)CCCC(C)(C)C. The summed E-state index contributed by atoms with van der Waals surface area (Å²) >= 11 is 0. The molecule has 0 rings (SSSR count). The molecule has 0 unspecified atom stereocenters. The summed E-state index contributed by atoms with van der Waals surface area (Å²) in [4.78, 5) is 11.3. The van der Waals surface area contributed by atoms with E-state index in [1.807, 2.05) is 13.8 Å². The van der Waals surface area contributed by atoms with Crippen LogP contribution in [0.1, 0.15) is 67.2 Å². The number of esters is 1. The second kappa shape index (κ2) is 8.95. The number of ether oxygens (including phenoxy) is 1. The Morgan fingerprint density at radius 2 is 1.79 bits per heavy atom. The lowest BCUT2D eigenvalue weighted by atomic mass is 9.89. The van der Waals surface area contributed by atoms with E-state index in [1.54, 1.807) is 6.08 Å². The molecule has 0 bridgehead atoms. The van der Waals surface area contributed by atoms with Gasteiger partial charge in [0, 0.05) is 6.08 Å². The first-order valence-electron chi connectivity index (χ1n) is 7.24. The van der Waals surface area contributed by atoms with Gasteiger partial charge in [0.1, 0.15) is 0 Å². The van der Waals surface area contributed by atoms with Gasteiger partial charge in [0.05, 0.1) is 6.61 Å². The first-order chi connectivity index (χ1) is 8.74. The molecule has 0 aromatic rings. The van der Waals surface area contributed by atoms with E-state index in [9.17, 15) is 4.79 Å². The maximum atomic E-state index is 11.3. The molecule has 0 aromatic carbocycles. The van der Waals surface area contributed by atoms with Crippen molar-refractivity contribution in [3.63, 3.8) is 0 Å². The quantitative estimate of drug-likeness (QED) is 0.366. The van der Waals surface area contributed by atoms with Crippen LogP contribution >= 0.6 is 0 Å². The summed E-state index contributed by atoms with van der Waals surface area (Å²) in [6, 6.07) is 0. The monoisotopic (exact) mass is 266 g/mol. The van der Waals surface area contributed by atoms with Crippen LogP contribution in [0.5, 0.6) is 0 Å². The maximum absolute atomic E-state index is 11.3. The van der Waals surface area contributed by atoms with Crippen LogP contribution in [0.25, 0.3) is 0 Å². The number of hydrogen-bond donors (Lipinski definition) is 0. The summed E-state index contributed by atoms with van der Waals surface area (Å²) in [6.45, 7) is 13.2. The molecule has 0 amide bonds. The topological polar surface area (TPSA) is 26.3 Å². The van der Waals surface area contributed by atoms with Crippen molar-refractivity contribution >= 4 is 5.97 Å². The van der Waals surface area contributed by atoms with E-state index in [-0.39, 0.29) is 5.97 Å². The molecule has 0 atom stereocenters. The zero-order valence-corrected chi connectivity index (χ0v) is 13.5. The minimum absolute atomic E-state index is 0.237. The molecule has 0 saturated heterocycles. The Morgan fingerprint density at radius 3 is 2.32 bits per heavy atom. The molecule has 0 aliphatic rings. The standard InChI is InChI=1S/C17H30O2/c1-7-19-16(18)13-15(3)11-10-14(2)9-8-12-17(4,5)6/h10,13H,7-9,11-12H2,1-6H3. The Bertz CT molecular complexity index is 330. The molecule has 0 radical (unpaired) electrons. The van der Waals surface area contributed by atoms with Crippen LogP contribution in [0.3, 0.4) is 0 Å². The maximum Gasteiger partial charge on any atom is 0.330 e. The molecule has 0 aliphatic heterocycles. The summed E-state index contributed by atoms with van der Waals surface area (Å²) in [7, 11) is 0.